The van der Waals surface area contributed by atoms with Crippen LogP contribution >= 0.6 is 11.6 Å². The van der Waals surface area contributed by atoms with Gasteiger partial charge in [-0.25, -0.2) is 4.98 Å². The molecule has 0 aliphatic heterocycles. The number of nitrogens with zero attached hydrogens (tertiary/aromatic N) is 3. The van der Waals surface area contributed by atoms with Crippen LogP contribution in [-0.4, -0.2) is 22.9 Å². The number of aliphatic imine (C=N–C) groups is 1. The maximum absolute atomic E-state index is 5.91. The maximum atomic E-state index is 5.91. The Morgan fingerprint density at radius 1 is 1.55 bits per heavy atom. The Hall–Kier alpha value is -2.27. The number of methoxy groups -OCH3 is 1. The van der Waals surface area contributed by atoms with E-state index < -0.39 is 0 Å². The highest BCUT2D eigenvalue weighted by Gasteiger charge is 2.13. The van der Waals surface area contributed by atoms with Crippen molar-refractivity contribution in [3.63, 3.8) is 0 Å². The molecule has 104 valence electrons. The van der Waals surface area contributed by atoms with Crippen LogP contribution in [0.1, 0.15) is 5.69 Å². The second-order valence-corrected chi connectivity index (χ2v) is 4.48. The van der Waals surface area contributed by atoms with Gasteiger partial charge in [0.15, 0.2) is 5.88 Å². The van der Waals surface area contributed by atoms with Crippen molar-refractivity contribution in [2.45, 2.75) is 0 Å². The van der Waals surface area contributed by atoms with Crippen molar-refractivity contribution in [3.8, 4) is 0 Å². The molecule has 2 heterocycles. The molecule has 0 saturated heterocycles. The number of ether oxygens (including phenoxy) is 1. The lowest BCUT2D eigenvalue weighted by Gasteiger charge is -2.08. The zero-order chi connectivity index (χ0) is 14.7. The molecule has 0 fully saturated rings. The molecule has 0 unspecified atom stereocenters. The predicted molar refractivity (Wildman–Crippen MR) is 82.5 cm³/mol. The van der Waals surface area contributed by atoms with Gasteiger partial charge in [-0.3, -0.25) is 4.99 Å². The first-order valence-corrected chi connectivity index (χ1v) is 6.25. The van der Waals surface area contributed by atoms with Crippen LogP contribution in [0.25, 0.3) is 16.5 Å². The van der Waals surface area contributed by atoms with Crippen molar-refractivity contribution in [1.82, 2.24) is 9.55 Å². The predicted octanol–water partition coefficient (Wildman–Crippen LogP) is 2.71. The van der Waals surface area contributed by atoms with Crippen molar-refractivity contribution in [3.05, 3.63) is 47.8 Å². The Morgan fingerprint density at radius 2 is 2.30 bits per heavy atom. The number of fused-ring (bicyclic) bond motifs is 1. The third-order valence-corrected chi connectivity index (χ3v) is 3.17. The fourth-order valence-electron chi connectivity index (χ4n) is 1.96. The van der Waals surface area contributed by atoms with Crippen molar-refractivity contribution < 1.29 is 4.74 Å². The van der Waals surface area contributed by atoms with Crippen LogP contribution in [0, 0.1) is 0 Å². The Bertz CT molecular complexity index is 715. The van der Waals surface area contributed by atoms with E-state index in [2.05, 4.69) is 16.6 Å². The van der Waals surface area contributed by atoms with E-state index >= 15 is 0 Å². The first-order chi connectivity index (χ1) is 9.58. The molecule has 0 aliphatic rings. The summed E-state index contributed by atoms with van der Waals surface area (Å²) in [6.45, 7) is 3.55. The van der Waals surface area contributed by atoms with Crippen LogP contribution in [0.2, 0.25) is 5.15 Å². The first kappa shape index (κ1) is 14.1. The monoisotopic (exact) mass is 290 g/mol. The average Bonchev–Trinajstić information content (AvgIpc) is 2.75. The molecule has 0 bridgehead atoms. The Labute approximate surface area is 122 Å². The summed E-state index contributed by atoms with van der Waals surface area (Å²) in [5, 5.41) is 1.41. The molecule has 2 N–H and O–H groups in total. The first-order valence-electron chi connectivity index (χ1n) is 5.87. The summed E-state index contributed by atoms with van der Waals surface area (Å²) < 4.78 is 7.07. The Balaban J connectivity index is 2.68. The summed E-state index contributed by atoms with van der Waals surface area (Å²) in [5.41, 5.74) is 8.35. The number of aromatic nitrogens is 2. The number of halogens is 1. The molecule has 5 nitrogen and oxygen atoms in total. The number of hydrogen-bond acceptors (Lipinski definition) is 4. The van der Waals surface area contributed by atoms with Crippen molar-refractivity contribution in [1.29, 1.82) is 0 Å². The molecule has 2 rings (SSSR count). The molecular formula is C14H15ClN4O. The van der Waals surface area contributed by atoms with Crippen LogP contribution in [-0.2, 0) is 11.8 Å². The van der Waals surface area contributed by atoms with Gasteiger partial charge in [0.05, 0.1) is 30.1 Å². The van der Waals surface area contributed by atoms with Crippen LogP contribution in [0.3, 0.4) is 0 Å². The summed E-state index contributed by atoms with van der Waals surface area (Å²) in [5.74, 6) is 0.278. The van der Waals surface area contributed by atoms with Crippen LogP contribution in [0.5, 0.6) is 0 Å². The van der Waals surface area contributed by atoms with E-state index in [9.17, 15) is 0 Å². The van der Waals surface area contributed by atoms with E-state index in [1.165, 1.54) is 13.3 Å². The SMILES string of the molecule is C=CN=C/C(=C(\N)OC)c1cc2cc(Cl)ncc2n1C. The smallest absolute Gasteiger partial charge is 0.194 e. The molecule has 0 spiro atoms. The fraction of sp³-hybridized carbons (Fsp3) is 0.143. The van der Waals surface area contributed by atoms with Crippen LogP contribution in [0.15, 0.2) is 42.0 Å². The fourth-order valence-corrected chi connectivity index (χ4v) is 2.12. The van der Waals surface area contributed by atoms with Crippen LogP contribution in [0.4, 0.5) is 0 Å². The van der Waals surface area contributed by atoms with Crippen molar-refractivity contribution >= 4 is 34.3 Å². The maximum Gasteiger partial charge on any atom is 0.194 e. The summed E-state index contributed by atoms with van der Waals surface area (Å²) in [6.07, 6.45) is 4.76. The quantitative estimate of drug-likeness (QED) is 0.535. The Morgan fingerprint density at radius 3 is 2.95 bits per heavy atom. The van der Waals surface area contributed by atoms with Gasteiger partial charge in [0.25, 0.3) is 0 Å². The topological polar surface area (TPSA) is 65.4 Å². The molecule has 0 amide bonds. The van der Waals surface area contributed by atoms with Gasteiger partial charge in [-0.1, -0.05) is 18.2 Å². The van der Waals surface area contributed by atoms with Gasteiger partial charge in [-0.15, -0.1) is 0 Å². The highest BCUT2D eigenvalue weighted by atomic mass is 35.5. The summed E-state index contributed by atoms with van der Waals surface area (Å²) in [6, 6.07) is 3.75. The molecule has 20 heavy (non-hydrogen) atoms. The lowest BCUT2D eigenvalue weighted by Crippen LogP contribution is -2.07. The number of hydrogen-bond donors (Lipinski definition) is 1. The van der Waals surface area contributed by atoms with E-state index in [0.717, 1.165) is 16.6 Å². The number of nitrogens with two attached hydrogens (primary N) is 1. The minimum atomic E-state index is 0.278. The summed E-state index contributed by atoms with van der Waals surface area (Å²) in [7, 11) is 3.43. The zero-order valence-corrected chi connectivity index (χ0v) is 12.1. The third-order valence-electron chi connectivity index (χ3n) is 2.97. The molecule has 6 heteroatoms. The third kappa shape index (κ3) is 2.53. The zero-order valence-electron chi connectivity index (χ0n) is 11.3. The second-order valence-electron chi connectivity index (χ2n) is 4.10. The van der Waals surface area contributed by atoms with E-state index in [1.54, 1.807) is 18.5 Å². The molecule has 2 aromatic rings. The molecule has 0 saturated carbocycles. The highest BCUT2D eigenvalue weighted by Crippen LogP contribution is 2.25. The van der Waals surface area contributed by atoms with Crippen LogP contribution < -0.4 is 5.73 Å². The highest BCUT2D eigenvalue weighted by molar-refractivity contribution is 6.30. The lowest BCUT2D eigenvalue weighted by molar-refractivity contribution is 0.290. The van der Waals surface area contributed by atoms with Gasteiger partial charge < -0.3 is 15.0 Å². The van der Waals surface area contributed by atoms with Crippen molar-refractivity contribution in [2.24, 2.45) is 17.8 Å². The second kappa shape index (κ2) is 5.79. The molecule has 0 radical (unpaired) electrons. The number of rotatable bonds is 4. The largest absolute Gasteiger partial charge is 0.482 e. The minimum absolute atomic E-state index is 0.278. The van der Waals surface area contributed by atoms with E-state index in [1.807, 2.05) is 17.7 Å². The van der Waals surface area contributed by atoms with Gasteiger partial charge >= 0.3 is 0 Å². The molecule has 0 atom stereocenters. The molecule has 2 aromatic heterocycles. The van der Waals surface area contributed by atoms with E-state index in [-0.39, 0.29) is 5.88 Å². The normalized spacial score (nSPS) is 12.8. The summed E-state index contributed by atoms with van der Waals surface area (Å²) >= 11 is 5.91. The van der Waals surface area contributed by atoms with Gasteiger partial charge in [0.2, 0.25) is 0 Å². The van der Waals surface area contributed by atoms with E-state index in [4.69, 9.17) is 22.1 Å². The lowest BCUT2D eigenvalue weighted by atomic mass is 10.2. The van der Waals surface area contributed by atoms with Gasteiger partial charge in [0, 0.05) is 24.8 Å². The Kier molecular flexibility index (Phi) is 4.10. The summed E-state index contributed by atoms with van der Waals surface area (Å²) in [4.78, 5) is 8.10. The minimum Gasteiger partial charge on any atom is -0.482 e. The number of allylic oxidation sites excluding steroid dienone is 1. The van der Waals surface area contributed by atoms with Gasteiger partial charge in [-0.2, -0.15) is 0 Å². The molecule has 0 aromatic carbocycles. The van der Waals surface area contributed by atoms with E-state index in [0.29, 0.717) is 10.7 Å². The van der Waals surface area contributed by atoms with Crippen molar-refractivity contribution in [2.75, 3.05) is 7.11 Å². The number of pyridine rings is 1. The number of aryl methyl sites for hydroxylation is 1. The van der Waals surface area contributed by atoms with Gasteiger partial charge in [-0.05, 0) is 12.1 Å². The van der Waals surface area contributed by atoms with Gasteiger partial charge in [0.1, 0.15) is 5.15 Å². The molecule has 0 aliphatic carbocycles. The molecular weight excluding hydrogens is 276 g/mol. The average molecular weight is 291 g/mol. The standard InChI is InChI=1S/C14H15ClN4O/c1-4-17-7-10(14(16)20-3)11-5-9-6-13(15)18-8-12(9)19(11)2/h4-8H,1,16H2,2-3H3/b14-10-,17-7?.